The van der Waals surface area contributed by atoms with E-state index < -0.39 is 46.2 Å². The highest BCUT2D eigenvalue weighted by Gasteiger charge is 2.36. The normalized spacial score (nSPS) is 12.6. The number of amides is 2. The smallest absolute Gasteiger partial charge is 0.354 e. The fourth-order valence-electron chi connectivity index (χ4n) is 4.33. The fraction of sp³-hybridized carbons (Fsp3) is 0.355. The van der Waals surface area contributed by atoms with Crippen LogP contribution in [0, 0.1) is 12.8 Å². The Kier molecular flexibility index (Phi) is 11.3. The molecule has 0 saturated carbocycles. The summed E-state index contributed by atoms with van der Waals surface area (Å²) < 4.78 is 69.3. The Balaban J connectivity index is 2.10. The van der Waals surface area contributed by atoms with Gasteiger partial charge in [0.05, 0.1) is 16.1 Å². The monoisotopic (exact) mass is 637 g/mol. The van der Waals surface area contributed by atoms with E-state index in [0.717, 1.165) is 17.7 Å². The summed E-state index contributed by atoms with van der Waals surface area (Å²) >= 11 is 6.02. The Morgan fingerprint density at radius 3 is 2.16 bits per heavy atom. The average Bonchev–Trinajstić information content (AvgIpc) is 2.95. The summed E-state index contributed by atoms with van der Waals surface area (Å²) in [5, 5.41) is 3.28. The summed E-state index contributed by atoms with van der Waals surface area (Å²) in [6.07, 6.45) is -4.54. The molecule has 1 atom stereocenters. The van der Waals surface area contributed by atoms with E-state index in [2.05, 4.69) is 5.32 Å². The van der Waals surface area contributed by atoms with E-state index in [1.54, 1.807) is 50.2 Å². The van der Waals surface area contributed by atoms with E-state index in [1.807, 2.05) is 13.8 Å². The van der Waals surface area contributed by atoms with E-state index in [0.29, 0.717) is 27.5 Å². The zero-order valence-electron chi connectivity index (χ0n) is 24.4. The quantitative estimate of drug-likeness (QED) is 0.248. The van der Waals surface area contributed by atoms with Gasteiger partial charge in [0.15, 0.2) is 0 Å². The van der Waals surface area contributed by atoms with Crippen LogP contribution in [0.25, 0.3) is 0 Å². The SMILES string of the molecule is CCC(C(=O)NCC(C)C)N(Cc1ccc(Cl)cc1)C(=O)CN(c1cccc(C(F)(F)F)c1)S(=O)(=O)c1ccc(C)cc1. The van der Waals surface area contributed by atoms with Crippen LogP contribution in [0.1, 0.15) is 43.9 Å². The third kappa shape index (κ3) is 8.96. The largest absolute Gasteiger partial charge is 0.416 e. The van der Waals surface area contributed by atoms with Gasteiger partial charge in [0.1, 0.15) is 12.6 Å². The molecule has 0 spiro atoms. The van der Waals surface area contributed by atoms with Gasteiger partial charge in [-0.2, -0.15) is 13.2 Å². The van der Waals surface area contributed by atoms with Crippen LogP contribution in [-0.4, -0.2) is 44.3 Å². The maximum Gasteiger partial charge on any atom is 0.416 e. The highest BCUT2D eigenvalue weighted by atomic mass is 35.5. The summed E-state index contributed by atoms with van der Waals surface area (Å²) in [5.41, 5.74) is -0.0144. The number of halogens is 4. The van der Waals surface area contributed by atoms with E-state index in [-0.39, 0.29) is 29.5 Å². The number of rotatable bonds is 12. The standard InChI is InChI=1S/C31H35ClF3N3O4S/c1-5-28(30(40)36-18-21(2)3)37(19-23-11-13-25(32)14-12-23)29(39)20-38(26-8-6-7-24(17-26)31(33,34)35)43(41,42)27-15-9-22(4)10-16-27/h6-17,21,28H,5,18-20H2,1-4H3,(H,36,40). The zero-order valence-corrected chi connectivity index (χ0v) is 25.9. The van der Waals surface area contributed by atoms with Crippen molar-refractivity contribution in [1.29, 1.82) is 0 Å². The second-order valence-corrected chi connectivity index (χ2v) is 12.9. The van der Waals surface area contributed by atoms with Gasteiger partial charge in [0, 0.05) is 18.1 Å². The minimum Gasteiger partial charge on any atom is -0.354 e. The Bertz CT molecular complexity index is 1510. The maximum absolute atomic E-state index is 14.0. The Hall–Kier alpha value is -3.57. The van der Waals surface area contributed by atoms with Gasteiger partial charge in [0.25, 0.3) is 10.0 Å². The minimum atomic E-state index is -4.75. The second-order valence-electron chi connectivity index (χ2n) is 10.6. The lowest BCUT2D eigenvalue weighted by molar-refractivity contribution is -0.140. The molecule has 1 N–H and O–H groups in total. The molecular weight excluding hydrogens is 603 g/mol. The highest BCUT2D eigenvalue weighted by Crippen LogP contribution is 2.33. The van der Waals surface area contributed by atoms with Gasteiger partial charge in [-0.3, -0.25) is 13.9 Å². The molecule has 3 rings (SSSR count). The van der Waals surface area contributed by atoms with Gasteiger partial charge in [-0.15, -0.1) is 0 Å². The summed E-state index contributed by atoms with van der Waals surface area (Å²) in [6, 6.07) is 15.2. The van der Waals surface area contributed by atoms with Crippen molar-refractivity contribution >= 4 is 39.1 Å². The molecule has 0 aliphatic heterocycles. The summed E-state index contributed by atoms with van der Waals surface area (Å²) in [4.78, 5) is 28.3. The van der Waals surface area contributed by atoms with Gasteiger partial charge in [-0.1, -0.05) is 68.3 Å². The predicted octanol–water partition coefficient (Wildman–Crippen LogP) is 6.44. The molecule has 232 valence electrons. The number of benzene rings is 3. The fourth-order valence-corrected chi connectivity index (χ4v) is 5.86. The molecule has 3 aromatic rings. The summed E-state index contributed by atoms with van der Waals surface area (Å²) in [5.74, 6) is -1.06. The Morgan fingerprint density at radius 2 is 1.60 bits per heavy atom. The van der Waals surface area contributed by atoms with E-state index in [1.165, 1.54) is 23.1 Å². The van der Waals surface area contributed by atoms with Gasteiger partial charge < -0.3 is 10.2 Å². The molecule has 2 amide bonds. The van der Waals surface area contributed by atoms with Crippen LogP contribution in [0.3, 0.4) is 0 Å². The third-order valence-corrected chi connectivity index (χ3v) is 8.73. The first kappa shape index (κ1) is 33.9. The number of anilines is 1. The van der Waals surface area contributed by atoms with Crippen molar-refractivity contribution in [3.63, 3.8) is 0 Å². The summed E-state index contributed by atoms with van der Waals surface area (Å²) in [6.45, 7) is 6.76. The van der Waals surface area contributed by atoms with Crippen molar-refractivity contribution in [3.05, 3.63) is 94.5 Å². The first-order valence-corrected chi connectivity index (χ1v) is 15.5. The molecule has 0 aromatic heterocycles. The molecule has 7 nitrogen and oxygen atoms in total. The molecule has 0 bridgehead atoms. The number of nitrogens with zero attached hydrogens (tertiary/aromatic N) is 2. The van der Waals surface area contributed by atoms with E-state index >= 15 is 0 Å². The third-order valence-electron chi connectivity index (χ3n) is 6.69. The van der Waals surface area contributed by atoms with Crippen LogP contribution in [0.5, 0.6) is 0 Å². The van der Waals surface area contributed by atoms with E-state index in [9.17, 15) is 31.2 Å². The topological polar surface area (TPSA) is 86.8 Å². The Morgan fingerprint density at radius 1 is 0.977 bits per heavy atom. The van der Waals surface area contributed by atoms with Crippen LogP contribution >= 0.6 is 11.6 Å². The minimum absolute atomic E-state index is 0.0649. The molecule has 43 heavy (non-hydrogen) atoms. The number of carbonyl (C=O) groups is 2. The van der Waals surface area contributed by atoms with Gasteiger partial charge in [-0.05, 0) is 67.3 Å². The van der Waals surface area contributed by atoms with Crippen molar-refractivity contribution in [2.24, 2.45) is 5.92 Å². The second kappa shape index (κ2) is 14.3. The van der Waals surface area contributed by atoms with Crippen LogP contribution in [0.2, 0.25) is 5.02 Å². The van der Waals surface area contributed by atoms with Crippen LogP contribution in [-0.2, 0) is 32.3 Å². The first-order valence-electron chi connectivity index (χ1n) is 13.7. The van der Waals surface area contributed by atoms with Crippen molar-refractivity contribution in [3.8, 4) is 0 Å². The lowest BCUT2D eigenvalue weighted by Gasteiger charge is -2.33. The number of hydrogen-bond donors (Lipinski definition) is 1. The van der Waals surface area contributed by atoms with Crippen molar-refractivity contribution in [1.82, 2.24) is 10.2 Å². The lowest BCUT2D eigenvalue weighted by Crippen LogP contribution is -2.52. The molecular formula is C31H35ClF3N3O4S. The molecule has 3 aromatic carbocycles. The number of aryl methyl sites for hydroxylation is 1. The molecule has 0 radical (unpaired) electrons. The lowest BCUT2D eigenvalue weighted by atomic mass is 10.1. The van der Waals surface area contributed by atoms with Crippen LogP contribution in [0.4, 0.5) is 18.9 Å². The zero-order chi connectivity index (χ0) is 31.9. The molecule has 0 aliphatic rings. The predicted molar refractivity (Wildman–Crippen MR) is 161 cm³/mol. The van der Waals surface area contributed by atoms with Gasteiger partial charge in [-0.25, -0.2) is 8.42 Å². The number of alkyl halides is 3. The Labute approximate surface area is 255 Å². The van der Waals surface area contributed by atoms with Gasteiger partial charge in [0.2, 0.25) is 11.8 Å². The summed E-state index contributed by atoms with van der Waals surface area (Å²) in [7, 11) is -4.51. The number of sulfonamides is 1. The van der Waals surface area contributed by atoms with Crippen molar-refractivity contribution in [2.45, 2.75) is 57.8 Å². The number of carbonyl (C=O) groups excluding carboxylic acids is 2. The number of hydrogen-bond acceptors (Lipinski definition) is 4. The molecule has 0 heterocycles. The van der Waals surface area contributed by atoms with Gasteiger partial charge >= 0.3 is 6.18 Å². The van der Waals surface area contributed by atoms with E-state index in [4.69, 9.17) is 11.6 Å². The molecule has 12 heteroatoms. The van der Waals surface area contributed by atoms with Crippen LogP contribution < -0.4 is 9.62 Å². The van der Waals surface area contributed by atoms with Crippen molar-refractivity contribution in [2.75, 3.05) is 17.4 Å². The maximum atomic E-state index is 14.0. The highest BCUT2D eigenvalue weighted by molar-refractivity contribution is 7.92. The van der Waals surface area contributed by atoms with Crippen molar-refractivity contribution < 1.29 is 31.2 Å². The average molecular weight is 638 g/mol. The first-order chi connectivity index (χ1) is 20.1. The number of nitrogens with one attached hydrogen (secondary N) is 1. The molecule has 1 unspecified atom stereocenters. The molecule has 0 fully saturated rings. The van der Waals surface area contributed by atoms with Crippen LogP contribution in [0.15, 0.2) is 77.7 Å². The molecule has 0 aliphatic carbocycles. The molecule has 0 saturated heterocycles.